The summed E-state index contributed by atoms with van der Waals surface area (Å²) in [5.41, 5.74) is 0. The molecule has 0 saturated carbocycles. The number of hydrogen-bond donors (Lipinski definition) is 1. The highest BCUT2D eigenvalue weighted by Crippen LogP contribution is 2.27. The zero-order chi connectivity index (χ0) is 12.8. The van der Waals surface area contributed by atoms with Crippen LogP contribution in [0.1, 0.15) is 17.8 Å². The Kier molecular flexibility index (Phi) is 5.23. The van der Waals surface area contributed by atoms with E-state index in [1.807, 2.05) is 6.07 Å². The minimum atomic E-state index is -0.170. The van der Waals surface area contributed by atoms with E-state index in [1.54, 1.807) is 35.2 Å². The molecule has 96 valence electrons. The largest absolute Gasteiger partial charge is 0.309 e. The zero-order valence-corrected chi connectivity index (χ0v) is 11.9. The summed E-state index contributed by atoms with van der Waals surface area (Å²) >= 11 is 3.44. The second-order valence-corrected chi connectivity index (χ2v) is 5.97. The van der Waals surface area contributed by atoms with Gasteiger partial charge in [0.05, 0.1) is 6.04 Å². The lowest BCUT2D eigenvalue weighted by atomic mass is 10.3. The van der Waals surface area contributed by atoms with Gasteiger partial charge in [0.25, 0.3) is 0 Å². The van der Waals surface area contributed by atoms with E-state index in [-0.39, 0.29) is 5.82 Å². The SMILES string of the molecule is CCNC(CSc1cccc(F)c1)c1cccs1. The van der Waals surface area contributed by atoms with Gasteiger partial charge in [0, 0.05) is 15.5 Å². The molecule has 0 spiro atoms. The summed E-state index contributed by atoms with van der Waals surface area (Å²) in [6, 6.07) is 11.3. The van der Waals surface area contributed by atoms with Gasteiger partial charge in [-0.1, -0.05) is 19.1 Å². The van der Waals surface area contributed by atoms with Crippen molar-refractivity contribution in [2.45, 2.75) is 17.9 Å². The highest BCUT2D eigenvalue weighted by Gasteiger charge is 2.11. The van der Waals surface area contributed by atoms with E-state index in [0.717, 1.165) is 17.2 Å². The summed E-state index contributed by atoms with van der Waals surface area (Å²) in [5, 5.41) is 5.56. The topological polar surface area (TPSA) is 12.0 Å². The molecule has 0 saturated heterocycles. The van der Waals surface area contributed by atoms with Crippen LogP contribution in [0.4, 0.5) is 4.39 Å². The van der Waals surface area contributed by atoms with Crippen LogP contribution in [0.25, 0.3) is 0 Å². The zero-order valence-electron chi connectivity index (χ0n) is 10.2. The van der Waals surface area contributed by atoms with Gasteiger partial charge in [-0.2, -0.15) is 0 Å². The van der Waals surface area contributed by atoms with E-state index in [0.29, 0.717) is 6.04 Å². The van der Waals surface area contributed by atoms with Crippen LogP contribution in [0.15, 0.2) is 46.7 Å². The molecule has 1 N–H and O–H groups in total. The molecule has 1 nitrogen and oxygen atoms in total. The molecule has 1 unspecified atom stereocenters. The molecule has 0 radical (unpaired) electrons. The maximum absolute atomic E-state index is 13.1. The normalized spacial score (nSPS) is 12.6. The molecule has 0 aliphatic carbocycles. The van der Waals surface area contributed by atoms with Crippen LogP contribution in [0.2, 0.25) is 0 Å². The van der Waals surface area contributed by atoms with Gasteiger partial charge in [-0.15, -0.1) is 23.1 Å². The van der Waals surface area contributed by atoms with Crippen LogP contribution < -0.4 is 5.32 Å². The number of hydrogen-bond acceptors (Lipinski definition) is 3. The van der Waals surface area contributed by atoms with Gasteiger partial charge in [-0.25, -0.2) is 4.39 Å². The first-order valence-electron chi connectivity index (χ1n) is 5.94. The summed E-state index contributed by atoms with van der Waals surface area (Å²) in [5.74, 6) is 0.744. The molecule has 0 fully saturated rings. The summed E-state index contributed by atoms with van der Waals surface area (Å²) in [6.07, 6.45) is 0. The van der Waals surface area contributed by atoms with E-state index in [2.05, 4.69) is 29.8 Å². The van der Waals surface area contributed by atoms with Crippen molar-refractivity contribution >= 4 is 23.1 Å². The molecule has 2 rings (SSSR count). The van der Waals surface area contributed by atoms with Crippen molar-refractivity contribution in [3.05, 3.63) is 52.5 Å². The van der Waals surface area contributed by atoms with Crippen LogP contribution >= 0.6 is 23.1 Å². The van der Waals surface area contributed by atoms with Gasteiger partial charge in [0.2, 0.25) is 0 Å². The summed E-state index contributed by atoms with van der Waals surface area (Å²) in [7, 11) is 0. The first-order valence-corrected chi connectivity index (χ1v) is 7.81. The number of thiophene rings is 1. The molecule has 2 aromatic rings. The Balaban J connectivity index is 1.98. The van der Waals surface area contributed by atoms with Gasteiger partial charge >= 0.3 is 0 Å². The quantitative estimate of drug-likeness (QED) is 0.791. The van der Waals surface area contributed by atoms with Crippen LogP contribution in [0.5, 0.6) is 0 Å². The Bertz CT molecular complexity index is 470. The third-order valence-electron chi connectivity index (χ3n) is 2.55. The molecular formula is C14H16FNS2. The van der Waals surface area contributed by atoms with Gasteiger partial charge < -0.3 is 5.32 Å². The van der Waals surface area contributed by atoms with E-state index >= 15 is 0 Å². The smallest absolute Gasteiger partial charge is 0.124 e. The fourth-order valence-electron chi connectivity index (χ4n) is 1.71. The number of halogens is 1. The Hall–Kier alpha value is -0.840. The Morgan fingerprint density at radius 2 is 2.22 bits per heavy atom. The molecule has 1 heterocycles. The van der Waals surface area contributed by atoms with Crippen molar-refractivity contribution in [1.82, 2.24) is 5.32 Å². The number of nitrogens with one attached hydrogen (secondary N) is 1. The molecule has 4 heteroatoms. The van der Waals surface area contributed by atoms with Crippen LogP contribution in [0, 0.1) is 5.82 Å². The number of thioether (sulfide) groups is 1. The lowest BCUT2D eigenvalue weighted by Gasteiger charge is -2.15. The van der Waals surface area contributed by atoms with E-state index < -0.39 is 0 Å². The van der Waals surface area contributed by atoms with Gasteiger partial charge in [0.1, 0.15) is 5.82 Å². The van der Waals surface area contributed by atoms with Crippen LogP contribution in [0.3, 0.4) is 0 Å². The molecule has 1 aromatic carbocycles. The molecule has 0 amide bonds. The molecule has 18 heavy (non-hydrogen) atoms. The van der Waals surface area contributed by atoms with Gasteiger partial charge in [-0.3, -0.25) is 0 Å². The maximum atomic E-state index is 13.1. The molecule has 0 aliphatic heterocycles. The lowest BCUT2D eigenvalue weighted by molar-refractivity contribution is 0.614. The maximum Gasteiger partial charge on any atom is 0.124 e. The number of rotatable bonds is 6. The molecule has 1 aromatic heterocycles. The first-order chi connectivity index (χ1) is 8.79. The predicted molar refractivity (Wildman–Crippen MR) is 77.9 cm³/mol. The molecular weight excluding hydrogens is 265 g/mol. The highest BCUT2D eigenvalue weighted by molar-refractivity contribution is 7.99. The second kappa shape index (κ2) is 6.92. The van der Waals surface area contributed by atoms with Gasteiger partial charge in [-0.05, 0) is 36.2 Å². The predicted octanol–water partition coefficient (Wildman–Crippen LogP) is 4.33. The standard InChI is InChI=1S/C14H16FNS2/c1-2-16-13(14-7-4-8-17-14)10-18-12-6-3-5-11(15)9-12/h3-9,13,16H,2,10H2,1H3. The van der Waals surface area contributed by atoms with Crippen molar-refractivity contribution in [3.63, 3.8) is 0 Å². The summed E-state index contributed by atoms with van der Waals surface area (Å²) in [6.45, 7) is 3.04. The average molecular weight is 281 g/mol. The van der Waals surface area contributed by atoms with Crippen molar-refractivity contribution in [2.24, 2.45) is 0 Å². The van der Waals surface area contributed by atoms with Gasteiger partial charge in [0.15, 0.2) is 0 Å². The fraction of sp³-hybridized carbons (Fsp3) is 0.286. The minimum absolute atomic E-state index is 0.170. The van der Waals surface area contributed by atoms with E-state index in [4.69, 9.17) is 0 Å². The summed E-state index contributed by atoms with van der Waals surface area (Å²) in [4.78, 5) is 2.32. The average Bonchev–Trinajstić information content (AvgIpc) is 2.88. The van der Waals surface area contributed by atoms with E-state index in [9.17, 15) is 4.39 Å². The second-order valence-electron chi connectivity index (χ2n) is 3.89. The Labute approximate surface area is 115 Å². The molecule has 0 bridgehead atoms. The molecule has 1 atom stereocenters. The lowest BCUT2D eigenvalue weighted by Crippen LogP contribution is -2.21. The Morgan fingerprint density at radius 1 is 1.33 bits per heavy atom. The highest BCUT2D eigenvalue weighted by atomic mass is 32.2. The van der Waals surface area contributed by atoms with Crippen molar-refractivity contribution in [3.8, 4) is 0 Å². The van der Waals surface area contributed by atoms with Crippen molar-refractivity contribution < 1.29 is 4.39 Å². The third kappa shape index (κ3) is 3.83. The van der Waals surface area contributed by atoms with Crippen molar-refractivity contribution in [2.75, 3.05) is 12.3 Å². The number of benzene rings is 1. The van der Waals surface area contributed by atoms with Crippen LogP contribution in [-0.4, -0.2) is 12.3 Å². The fourth-order valence-corrected chi connectivity index (χ4v) is 3.65. The monoisotopic (exact) mass is 281 g/mol. The first kappa shape index (κ1) is 13.6. The van der Waals surface area contributed by atoms with Crippen LogP contribution in [-0.2, 0) is 0 Å². The minimum Gasteiger partial charge on any atom is -0.309 e. The Morgan fingerprint density at radius 3 is 2.89 bits per heavy atom. The molecule has 0 aliphatic rings. The third-order valence-corrected chi connectivity index (χ3v) is 4.62. The summed E-state index contributed by atoms with van der Waals surface area (Å²) < 4.78 is 13.1. The van der Waals surface area contributed by atoms with E-state index in [1.165, 1.54) is 10.9 Å². The van der Waals surface area contributed by atoms with Crippen molar-refractivity contribution in [1.29, 1.82) is 0 Å².